The summed E-state index contributed by atoms with van der Waals surface area (Å²) >= 11 is 0. The van der Waals surface area contributed by atoms with Crippen molar-refractivity contribution in [3.63, 3.8) is 0 Å². The van der Waals surface area contributed by atoms with E-state index in [9.17, 15) is 9.59 Å². The van der Waals surface area contributed by atoms with Crippen LogP contribution >= 0.6 is 0 Å². The number of anilines is 1. The van der Waals surface area contributed by atoms with Gasteiger partial charge in [-0.1, -0.05) is 45.0 Å². The van der Waals surface area contributed by atoms with Crippen LogP contribution in [0, 0.1) is 0 Å². The molecule has 0 unspecified atom stereocenters. The molecule has 0 bridgehead atoms. The van der Waals surface area contributed by atoms with Gasteiger partial charge in [-0.3, -0.25) is 14.5 Å². The number of ether oxygens (including phenoxy) is 2. The fourth-order valence-electron chi connectivity index (χ4n) is 5.31. The van der Waals surface area contributed by atoms with Gasteiger partial charge in [0.05, 0.1) is 17.9 Å². The van der Waals surface area contributed by atoms with Crippen LogP contribution < -0.4 is 20.7 Å². The zero-order valence-electron chi connectivity index (χ0n) is 27.5. The summed E-state index contributed by atoms with van der Waals surface area (Å²) in [7, 11) is 5.50. The molecule has 3 aromatic heterocycles. The highest BCUT2D eigenvalue weighted by Gasteiger charge is 2.30. The van der Waals surface area contributed by atoms with Crippen LogP contribution in [0.4, 0.5) is 10.6 Å². The van der Waals surface area contributed by atoms with Crippen molar-refractivity contribution >= 4 is 23.4 Å². The highest BCUT2D eigenvalue weighted by molar-refractivity contribution is 5.92. The van der Waals surface area contributed by atoms with Crippen LogP contribution in [-0.2, 0) is 10.2 Å². The van der Waals surface area contributed by atoms with Gasteiger partial charge in [0.25, 0.3) is 5.91 Å². The zero-order valence-corrected chi connectivity index (χ0v) is 27.5. The molecule has 0 aliphatic heterocycles. The van der Waals surface area contributed by atoms with E-state index in [2.05, 4.69) is 36.1 Å². The molecule has 0 radical (unpaired) electrons. The van der Waals surface area contributed by atoms with E-state index in [1.807, 2.05) is 93.7 Å². The highest BCUT2D eigenvalue weighted by atomic mass is 16.5. The molecule has 0 saturated heterocycles. The number of amides is 3. The molecule has 46 heavy (non-hydrogen) atoms. The first-order valence-electron chi connectivity index (χ1n) is 15.5. The molecular weight excluding hydrogens is 586 g/mol. The number of carbonyl (C=O) groups is 2. The number of benzene rings is 1. The maximum atomic E-state index is 13.3. The Morgan fingerprint density at radius 3 is 2.54 bits per heavy atom. The summed E-state index contributed by atoms with van der Waals surface area (Å²) in [5.41, 5.74) is 2.97. The van der Waals surface area contributed by atoms with Crippen molar-refractivity contribution in [1.29, 1.82) is 0 Å². The van der Waals surface area contributed by atoms with Gasteiger partial charge in [-0.25, -0.2) is 14.8 Å². The number of hydrogen-bond donors (Lipinski definition) is 3. The van der Waals surface area contributed by atoms with Gasteiger partial charge in [-0.2, -0.15) is 0 Å². The molecule has 3 atom stereocenters. The lowest BCUT2D eigenvalue weighted by molar-refractivity contribution is 0.0940. The maximum Gasteiger partial charge on any atom is 0.320 e. The third kappa shape index (κ3) is 7.60. The molecule has 5 rings (SSSR count). The predicted octanol–water partition coefficient (Wildman–Crippen LogP) is 4.59. The summed E-state index contributed by atoms with van der Waals surface area (Å²) < 4.78 is 13.8. The lowest BCUT2D eigenvalue weighted by atomic mass is 9.85. The standard InChI is InChI=1S/C33H43N9O4/c1-20(45-7)30-40-39-28-15-12-21(19-42(28)30)46-25-14-13-24(22-10-8-9-11-23(22)25)35-32(44)38-27-18-26(33(2,3)4)36-29(37-27)31(43)34-16-17-41(5)6/h8-12,15,18-20,24-25H,13-14,16-17H2,1-7H3,(H,34,43)(H2,35,36,37,38,44)/t20-,24-,25+/m0/s1. The van der Waals surface area contributed by atoms with Crippen LogP contribution in [0.15, 0.2) is 48.7 Å². The summed E-state index contributed by atoms with van der Waals surface area (Å²) in [5, 5.41) is 17.3. The van der Waals surface area contributed by atoms with Crippen LogP contribution in [0.25, 0.3) is 5.65 Å². The summed E-state index contributed by atoms with van der Waals surface area (Å²) in [6.45, 7) is 9.03. The minimum atomic E-state index is -0.422. The number of urea groups is 1. The van der Waals surface area contributed by atoms with Gasteiger partial charge in [-0.15, -0.1) is 10.2 Å². The fraction of sp³-hybridized carbons (Fsp3) is 0.455. The Morgan fingerprint density at radius 1 is 1.07 bits per heavy atom. The van der Waals surface area contributed by atoms with E-state index in [4.69, 9.17) is 9.47 Å². The minimum Gasteiger partial charge on any atom is -0.484 e. The molecule has 0 fully saturated rings. The van der Waals surface area contributed by atoms with Crippen molar-refractivity contribution < 1.29 is 19.1 Å². The van der Waals surface area contributed by atoms with Crippen molar-refractivity contribution in [2.24, 2.45) is 0 Å². The molecule has 1 aliphatic rings. The van der Waals surface area contributed by atoms with E-state index in [0.717, 1.165) is 11.1 Å². The number of nitrogens with zero attached hydrogens (tertiary/aromatic N) is 6. The first-order chi connectivity index (χ1) is 21.9. The van der Waals surface area contributed by atoms with Gasteiger partial charge in [0, 0.05) is 31.7 Å². The van der Waals surface area contributed by atoms with Crippen molar-refractivity contribution in [3.05, 3.63) is 77.1 Å². The number of aromatic nitrogens is 5. The third-order valence-corrected chi connectivity index (χ3v) is 7.92. The van der Waals surface area contributed by atoms with Crippen LogP contribution in [0.1, 0.15) is 92.1 Å². The second-order valence-electron chi connectivity index (χ2n) is 12.8. The van der Waals surface area contributed by atoms with E-state index in [1.165, 1.54) is 0 Å². The van der Waals surface area contributed by atoms with Gasteiger partial charge < -0.3 is 25.0 Å². The lowest BCUT2D eigenvalue weighted by Gasteiger charge is -2.32. The van der Waals surface area contributed by atoms with Crippen LogP contribution in [0.2, 0.25) is 0 Å². The Bertz CT molecular complexity index is 1700. The van der Waals surface area contributed by atoms with E-state index >= 15 is 0 Å². The molecule has 0 spiro atoms. The summed E-state index contributed by atoms with van der Waals surface area (Å²) in [5.74, 6) is 1.25. The quantitative estimate of drug-likeness (QED) is 0.229. The summed E-state index contributed by atoms with van der Waals surface area (Å²) in [6, 6.07) is 12.8. The molecule has 13 heteroatoms. The molecular formula is C33H43N9O4. The summed E-state index contributed by atoms with van der Waals surface area (Å²) in [6.07, 6.45) is 2.79. The number of fused-ring (bicyclic) bond motifs is 2. The molecule has 1 aromatic carbocycles. The van der Waals surface area contributed by atoms with Crippen molar-refractivity contribution in [1.82, 2.24) is 40.1 Å². The average Bonchev–Trinajstić information content (AvgIpc) is 3.44. The van der Waals surface area contributed by atoms with E-state index < -0.39 is 11.9 Å². The SMILES string of the molecule is CO[C@@H](C)c1nnc2ccc(O[C@@H]3CC[C@H](NC(=O)Nc4cc(C(C)(C)C)nc(C(=O)NCCN(C)C)n4)c4ccccc43)cn12. The first-order valence-corrected chi connectivity index (χ1v) is 15.5. The molecule has 3 heterocycles. The smallest absolute Gasteiger partial charge is 0.320 e. The average molecular weight is 630 g/mol. The number of rotatable bonds is 10. The molecule has 0 saturated carbocycles. The lowest BCUT2D eigenvalue weighted by Crippen LogP contribution is -2.36. The molecule has 3 N–H and O–H groups in total. The number of likely N-dealkylation sites (N-methyl/N-ethyl adjacent to an activating group) is 1. The van der Waals surface area contributed by atoms with Crippen molar-refractivity contribution in [2.45, 2.75) is 64.2 Å². The third-order valence-electron chi connectivity index (χ3n) is 7.92. The van der Waals surface area contributed by atoms with Crippen molar-refractivity contribution in [2.75, 3.05) is 39.6 Å². The monoisotopic (exact) mass is 629 g/mol. The van der Waals surface area contributed by atoms with Gasteiger partial charge in [0.1, 0.15) is 23.8 Å². The summed E-state index contributed by atoms with van der Waals surface area (Å²) in [4.78, 5) is 37.0. The Hall–Kier alpha value is -4.62. The Balaban J connectivity index is 1.30. The second-order valence-corrected chi connectivity index (χ2v) is 12.8. The first kappa shape index (κ1) is 32.8. The minimum absolute atomic E-state index is 0.0120. The molecule has 4 aromatic rings. The van der Waals surface area contributed by atoms with Gasteiger partial charge in [0.15, 0.2) is 11.5 Å². The van der Waals surface area contributed by atoms with Crippen molar-refractivity contribution in [3.8, 4) is 5.75 Å². The Labute approximate surface area is 269 Å². The molecule has 13 nitrogen and oxygen atoms in total. The highest BCUT2D eigenvalue weighted by Crippen LogP contribution is 2.39. The molecule has 244 valence electrons. The van der Waals surface area contributed by atoms with Gasteiger partial charge in [-0.05, 0) is 57.1 Å². The number of nitrogens with one attached hydrogen (secondary N) is 3. The Morgan fingerprint density at radius 2 is 1.83 bits per heavy atom. The van der Waals surface area contributed by atoms with E-state index in [-0.39, 0.29) is 35.3 Å². The predicted molar refractivity (Wildman–Crippen MR) is 174 cm³/mol. The Kier molecular flexibility index (Phi) is 9.82. The number of methoxy groups -OCH3 is 1. The second kappa shape index (κ2) is 13.8. The molecule has 3 amide bonds. The van der Waals surface area contributed by atoms with E-state index in [0.29, 0.717) is 48.8 Å². The van der Waals surface area contributed by atoms with Crippen LogP contribution in [-0.4, -0.2) is 75.7 Å². The van der Waals surface area contributed by atoms with Crippen LogP contribution in [0.5, 0.6) is 5.75 Å². The van der Waals surface area contributed by atoms with Gasteiger partial charge in [0.2, 0.25) is 5.82 Å². The maximum absolute atomic E-state index is 13.3. The van der Waals surface area contributed by atoms with E-state index in [1.54, 1.807) is 13.2 Å². The zero-order chi connectivity index (χ0) is 33.0. The molecule has 1 aliphatic carbocycles. The largest absolute Gasteiger partial charge is 0.484 e. The number of hydrogen-bond acceptors (Lipinski definition) is 9. The normalized spacial score (nSPS) is 17.0. The number of carbonyl (C=O) groups excluding carboxylic acids is 2. The number of pyridine rings is 1. The van der Waals surface area contributed by atoms with Gasteiger partial charge >= 0.3 is 6.03 Å². The van der Waals surface area contributed by atoms with Crippen LogP contribution in [0.3, 0.4) is 0 Å². The topological polar surface area (TPSA) is 148 Å². The fourth-order valence-corrected chi connectivity index (χ4v) is 5.31.